The fourth-order valence-corrected chi connectivity index (χ4v) is 3.24. The Bertz CT molecular complexity index is 1230. The standard InChI is InChI=1S/C24H21N3O4/c1-3-16-9-11-18(12-10-16)25-21(28)14-30-24(29)19-13-20(17-7-5-4-6-8-17)26-23-22(19)15(2)27-31-23/h4-13H,3,14H2,1-2H3,(H,25,28). The third-order valence-electron chi connectivity index (χ3n) is 4.89. The Labute approximate surface area is 179 Å². The lowest BCUT2D eigenvalue weighted by atomic mass is 10.1. The number of nitrogens with one attached hydrogen (secondary N) is 1. The first-order valence-corrected chi connectivity index (χ1v) is 9.93. The Morgan fingerprint density at radius 1 is 1.06 bits per heavy atom. The van der Waals surface area contributed by atoms with Gasteiger partial charge in [-0.1, -0.05) is 54.5 Å². The van der Waals surface area contributed by atoms with E-state index in [2.05, 4.69) is 22.4 Å². The van der Waals surface area contributed by atoms with Crippen molar-refractivity contribution in [3.05, 3.63) is 77.5 Å². The number of carbonyl (C=O) groups excluding carboxylic acids is 2. The number of amides is 1. The van der Waals surface area contributed by atoms with Gasteiger partial charge in [-0.15, -0.1) is 0 Å². The van der Waals surface area contributed by atoms with Crippen LogP contribution in [0.5, 0.6) is 0 Å². The molecule has 0 fully saturated rings. The zero-order valence-corrected chi connectivity index (χ0v) is 17.2. The molecule has 0 bridgehead atoms. The number of nitrogens with zero attached hydrogens (tertiary/aromatic N) is 2. The zero-order valence-electron chi connectivity index (χ0n) is 17.2. The molecule has 0 atom stereocenters. The van der Waals surface area contributed by atoms with Crippen molar-refractivity contribution in [3.8, 4) is 11.3 Å². The zero-order chi connectivity index (χ0) is 21.8. The molecule has 0 saturated heterocycles. The summed E-state index contributed by atoms with van der Waals surface area (Å²) in [7, 11) is 0. The van der Waals surface area contributed by atoms with E-state index in [9.17, 15) is 9.59 Å². The van der Waals surface area contributed by atoms with Crippen molar-refractivity contribution in [2.75, 3.05) is 11.9 Å². The van der Waals surface area contributed by atoms with Crippen LogP contribution in [0.3, 0.4) is 0 Å². The van der Waals surface area contributed by atoms with Gasteiger partial charge in [0.2, 0.25) is 0 Å². The number of anilines is 1. The number of hydrogen-bond acceptors (Lipinski definition) is 6. The van der Waals surface area contributed by atoms with Crippen LogP contribution in [-0.4, -0.2) is 28.6 Å². The molecule has 0 saturated carbocycles. The maximum absolute atomic E-state index is 12.8. The second-order valence-corrected chi connectivity index (χ2v) is 7.04. The average molecular weight is 415 g/mol. The number of rotatable bonds is 6. The smallest absolute Gasteiger partial charge is 0.339 e. The fourth-order valence-electron chi connectivity index (χ4n) is 3.24. The third kappa shape index (κ3) is 4.45. The molecule has 0 radical (unpaired) electrons. The van der Waals surface area contributed by atoms with Gasteiger partial charge in [0.1, 0.15) is 0 Å². The molecule has 31 heavy (non-hydrogen) atoms. The molecule has 1 amide bonds. The number of benzene rings is 2. The summed E-state index contributed by atoms with van der Waals surface area (Å²) in [5, 5.41) is 7.11. The van der Waals surface area contributed by atoms with Crippen LogP contribution in [0, 0.1) is 6.92 Å². The number of fused-ring (bicyclic) bond motifs is 1. The van der Waals surface area contributed by atoms with Crippen molar-refractivity contribution in [1.29, 1.82) is 0 Å². The van der Waals surface area contributed by atoms with Crippen LogP contribution in [0.25, 0.3) is 22.4 Å². The topological polar surface area (TPSA) is 94.3 Å². The number of ether oxygens (including phenoxy) is 1. The highest BCUT2D eigenvalue weighted by atomic mass is 16.5. The number of aromatic nitrogens is 2. The molecule has 156 valence electrons. The first kappa shape index (κ1) is 20.3. The molecule has 0 aliphatic carbocycles. The highest BCUT2D eigenvalue weighted by Crippen LogP contribution is 2.27. The van der Waals surface area contributed by atoms with Crippen molar-refractivity contribution in [2.45, 2.75) is 20.3 Å². The summed E-state index contributed by atoms with van der Waals surface area (Å²) < 4.78 is 10.6. The fraction of sp³-hybridized carbons (Fsp3) is 0.167. The van der Waals surface area contributed by atoms with Gasteiger partial charge in [-0.2, -0.15) is 0 Å². The van der Waals surface area contributed by atoms with E-state index in [0.29, 0.717) is 22.5 Å². The number of hydrogen-bond donors (Lipinski definition) is 1. The summed E-state index contributed by atoms with van der Waals surface area (Å²) in [5.74, 6) is -1.07. The van der Waals surface area contributed by atoms with Crippen molar-refractivity contribution < 1.29 is 18.8 Å². The Hall–Kier alpha value is -4.00. The minimum atomic E-state index is -0.646. The maximum Gasteiger partial charge on any atom is 0.339 e. The van der Waals surface area contributed by atoms with Crippen LogP contribution in [-0.2, 0) is 16.0 Å². The maximum atomic E-state index is 12.8. The van der Waals surface area contributed by atoms with Crippen molar-refractivity contribution >= 4 is 28.7 Å². The van der Waals surface area contributed by atoms with Gasteiger partial charge in [0.15, 0.2) is 6.61 Å². The Kier molecular flexibility index (Phi) is 5.75. The van der Waals surface area contributed by atoms with E-state index in [1.165, 1.54) is 5.56 Å². The second kappa shape index (κ2) is 8.79. The first-order valence-electron chi connectivity index (χ1n) is 9.93. The summed E-state index contributed by atoms with van der Waals surface area (Å²) in [5.41, 5.74) is 4.20. The van der Waals surface area contributed by atoms with Gasteiger partial charge in [0, 0.05) is 11.3 Å². The summed E-state index contributed by atoms with van der Waals surface area (Å²) in [4.78, 5) is 29.5. The van der Waals surface area contributed by atoms with E-state index < -0.39 is 18.5 Å². The van der Waals surface area contributed by atoms with Gasteiger partial charge in [0.05, 0.1) is 22.3 Å². The second-order valence-electron chi connectivity index (χ2n) is 7.04. The number of esters is 1. The molecule has 7 heteroatoms. The lowest BCUT2D eigenvalue weighted by molar-refractivity contribution is -0.119. The van der Waals surface area contributed by atoms with Crippen molar-refractivity contribution in [1.82, 2.24) is 10.1 Å². The van der Waals surface area contributed by atoms with Crippen LogP contribution >= 0.6 is 0 Å². The normalized spacial score (nSPS) is 10.8. The quantitative estimate of drug-likeness (QED) is 0.464. The lowest BCUT2D eigenvalue weighted by Gasteiger charge is -2.09. The highest BCUT2D eigenvalue weighted by Gasteiger charge is 2.21. The van der Waals surface area contributed by atoms with E-state index in [4.69, 9.17) is 9.26 Å². The summed E-state index contributed by atoms with van der Waals surface area (Å²) in [6.45, 7) is 3.37. The molecule has 4 rings (SSSR count). The summed E-state index contributed by atoms with van der Waals surface area (Å²) in [6.07, 6.45) is 0.916. The van der Waals surface area contributed by atoms with E-state index >= 15 is 0 Å². The summed E-state index contributed by atoms with van der Waals surface area (Å²) >= 11 is 0. The van der Waals surface area contributed by atoms with E-state index in [1.807, 2.05) is 54.6 Å². The number of carbonyl (C=O) groups is 2. The predicted molar refractivity (Wildman–Crippen MR) is 117 cm³/mol. The van der Waals surface area contributed by atoms with Gasteiger partial charge in [-0.25, -0.2) is 9.78 Å². The Balaban J connectivity index is 1.52. The molecule has 0 unspecified atom stereocenters. The van der Waals surface area contributed by atoms with Crippen LogP contribution in [0.2, 0.25) is 0 Å². The van der Waals surface area contributed by atoms with Gasteiger partial charge in [0.25, 0.3) is 11.6 Å². The molecule has 4 aromatic rings. The minimum Gasteiger partial charge on any atom is -0.452 e. The molecular weight excluding hydrogens is 394 g/mol. The van der Waals surface area contributed by atoms with Crippen LogP contribution in [0.4, 0.5) is 5.69 Å². The van der Waals surface area contributed by atoms with E-state index in [-0.39, 0.29) is 11.3 Å². The summed E-state index contributed by atoms with van der Waals surface area (Å²) in [6, 6.07) is 18.5. The largest absolute Gasteiger partial charge is 0.452 e. The molecule has 0 spiro atoms. The van der Waals surface area contributed by atoms with E-state index in [1.54, 1.807) is 13.0 Å². The molecule has 1 N–H and O–H groups in total. The number of aryl methyl sites for hydroxylation is 2. The van der Waals surface area contributed by atoms with Crippen molar-refractivity contribution in [2.24, 2.45) is 0 Å². The molecule has 0 aliphatic heterocycles. The van der Waals surface area contributed by atoms with Crippen molar-refractivity contribution in [3.63, 3.8) is 0 Å². The molecule has 2 aromatic heterocycles. The van der Waals surface area contributed by atoms with Gasteiger partial charge in [-0.05, 0) is 37.1 Å². The lowest BCUT2D eigenvalue weighted by Crippen LogP contribution is -2.21. The van der Waals surface area contributed by atoms with Crippen LogP contribution < -0.4 is 5.32 Å². The van der Waals surface area contributed by atoms with Gasteiger partial charge >= 0.3 is 5.97 Å². The number of pyridine rings is 1. The molecular formula is C24H21N3O4. The SMILES string of the molecule is CCc1ccc(NC(=O)COC(=O)c2cc(-c3ccccc3)nc3onc(C)c23)cc1. The minimum absolute atomic E-state index is 0.242. The monoisotopic (exact) mass is 415 g/mol. The first-order chi connectivity index (χ1) is 15.0. The molecule has 0 aliphatic rings. The van der Waals surface area contributed by atoms with Crippen LogP contribution in [0.15, 0.2) is 65.2 Å². The van der Waals surface area contributed by atoms with Gasteiger partial charge < -0.3 is 14.6 Å². The predicted octanol–water partition coefficient (Wildman–Crippen LogP) is 4.56. The van der Waals surface area contributed by atoms with Crippen LogP contribution in [0.1, 0.15) is 28.5 Å². The Morgan fingerprint density at radius 2 is 1.81 bits per heavy atom. The average Bonchev–Trinajstić information content (AvgIpc) is 3.18. The van der Waals surface area contributed by atoms with E-state index in [0.717, 1.165) is 12.0 Å². The third-order valence-corrected chi connectivity index (χ3v) is 4.89. The Morgan fingerprint density at radius 3 is 2.52 bits per heavy atom. The highest BCUT2D eigenvalue weighted by molar-refractivity contribution is 6.05. The molecule has 7 nitrogen and oxygen atoms in total. The van der Waals surface area contributed by atoms with Gasteiger partial charge in [-0.3, -0.25) is 4.79 Å². The molecule has 2 heterocycles. The molecule has 2 aromatic carbocycles.